The van der Waals surface area contributed by atoms with Crippen molar-refractivity contribution in [1.29, 1.82) is 0 Å². The molecule has 2 nitrogen and oxygen atoms in total. The summed E-state index contributed by atoms with van der Waals surface area (Å²) in [6.45, 7) is 7.41. The molecule has 3 heteroatoms. The summed E-state index contributed by atoms with van der Waals surface area (Å²) >= 11 is 1.76. The van der Waals surface area contributed by atoms with Gasteiger partial charge in [0.2, 0.25) is 0 Å². The first-order chi connectivity index (χ1) is 9.17. The van der Waals surface area contributed by atoms with E-state index in [-0.39, 0.29) is 6.04 Å². The van der Waals surface area contributed by atoms with Crippen molar-refractivity contribution in [1.82, 2.24) is 5.32 Å². The molecule has 19 heavy (non-hydrogen) atoms. The lowest BCUT2D eigenvalue weighted by molar-refractivity contribution is 0.414. The average Bonchev–Trinajstić information content (AvgIpc) is 2.82. The molecule has 1 N–H and O–H groups in total. The van der Waals surface area contributed by atoms with Crippen LogP contribution in [-0.4, -0.2) is 13.7 Å². The van der Waals surface area contributed by atoms with Gasteiger partial charge < -0.3 is 10.1 Å². The number of methoxy groups -OCH3 is 1. The molecule has 0 fully saturated rings. The lowest BCUT2D eigenvalue weighted by Crippen LogP contribution is -2.23. The van der Waals surface area contributed by atoms with Crippen LogP contribution in [0.5, 0.6) is 5.75 Å². The fourth-order valence-electron chi connectivity index (χ4n) is 2.36. The largest absolute Gasteiger partial charge is 0.497 e. The summed E-state index contributed by atoms with van der Waals surface area (Å²) in [6, 6.07) is 6.57. The van der Waals surface area contributed by atoms with Crippen LogP contribution in [0, 0.1) is 13.8 Å². The number of ether oxygens (including phenoxy) is 1. The molecule has 0 aliphatic heterocycles. The molecule has 102 valence electrons. The van der Waals surface area contributed by atoms with Gasteiger partial charge in [0, 0.05) is 0 Å². The van der Waals surface area contributed by atoms with Crippen molar-refractivity contribution in [2.45, 2.75) is 26.8 Å². The third-order valence-electron chi connectivity index (χ3n) is 3.40. The van der Waals surface area contributed by atoms with Crippen LogP contribution in [0.2, 0.25) is 0 Å². The quantitative estimate of drug-likeness (QED) is 0.888. The second-order valence-electron chi connectivity index (χ2n) is 4.72. The van der Waals surface area contributed by atoms with Crippen LogP contribution in [-0.2, 0) is 0 Å². The van der Waals surface area contributed by atoms with Crippen LogP contribution in [0.3, 0.4) is 0 Å². The SMILES string of the molecule is CCNC(c1ccc(OC)cc1C)c1cscc1C. The van der Waals surface area contributed by atoms with E-state index in [0.717, 1.165) is 12.3 Å². The topological polar surface area (TPSA) is 21.3 Å². The smallest absolute Gasteiger partial charge is 0.119 e. The molecular formula is C16H21NOS. The molecule has 0 bridgehead atoms. The number of hydrogen-bond acceptors (Lipinski definition) is 3. The fourth-order valence-corrected chi connectivity index (χ4v) is 3.23. The van der Waals surface area contributed by atoms with Crippen molar-refractivity contribution in [3.05, 3.63) is 51.2 Å². The van der Waals surface area contributed by atoms with E-state index in [1.807, 2.05) is 6.07 Å². The molecule has 0 aliphatic rings. The first kappa shape index (κ1) is 14.1. The van der Waals surface area contributed by atoms with Gasteiger partial charge in [0.15, 0.2) is 0 Å². The van der Waals surface area contributed by atoms with Gasteiger partial charge >= 0.3 is 0 Å². The minimum absolute atomic E-state index is 0.266. The van der Waals surface area contributed by atoms with E-state index in [9.17, 15) is 0 Å². The van der Waals surface area contributed by atoms with Crippen LogP contribution in [0.25, 0.3) is 0 Å². The first-order valence-corrected chi connectivity index (χ1v) is 7.52. The summed E-state index contributed by atoms with van der Waals surface area (Å²) in [5.74, 6) is 0.915. The Hall–Kier alpha value is -1.32. The van der Waals surface area contributed by atoms with Gasteiger partial charge in [-0.2, -0.15) is 11.3 Å². The van der Waals surface area contributed by atoms with Gasteiger partial charge in [0.1, 0.15) is 5.75 Å². The Kier molecular flexibility index (Phi) is 4.61. The highest BCUT2D eigenvalue weighted by atomic mass is 32.1. The second-order valence-corrected chi connectivity index (χ2v) is 5.47. The monoisotopic (exact) mass is 275 g/mol. The van der Waals surface area contributed by atoms with Gasteiger partial charge in [0.05, 0.1) is 13.2 Å². The molecule has 1 unspecified atom stereocenters. The summed E-state index contributed by atoms with van der Waals surface area (Å²) < 4.78 is 5.29. The van der Waals surface area contributed by atoms with Crippen LogP contribution in [0.4, 0.5) is 0 Å². The molecule has 2 aromatic rings. The lowest BCUT2D eigenvalue weighted by atomic mass is 9.94. The third kappa shape index (κ3) is 2.99. The Morgan fingerprint density at radius 3 is 2.47 bits per heavy atom. The minimum atomic E-state index is 0.266. The van der Waals surface area contributed by atoms with Crippen molar-refractivity contribution in [3.8, 4) is 5.75 Å². The number of hydrogen-bond donors (Lipinski definition) is 1. The summed E-state index contributed by atoms with van der Waals surface area (Å²) in [4.78, 5) is 0. The minimum Gasteiger partial charge on any atom is -0.497 e. The molecule has 1 heterocycles. The Bertz CT molecular complexity index is 547. The standard InChI is InChI=1S/C16H21NOS/c1-5-17-16(15-10-19-9-12(15)3)14-7-6-13(18-4)8-11(14)2/h6-10,16-17H,5H2,1-4H3. The zero-order valence-corrected chi connectivity index (χ0v) is 12.8. The van der Waals surface area contributed by atoms with Gasteiger partial charge in [-0.15, -0.1) is 0 Å². The van der Waals surface area contributed by atoms with Crippen LogP contribution in [0.1, 0.15) is 35.2 Å². The summed E-state index contributed by atoms with van der Waals surface area (Å²) in [7, 11) is 1.71. The molecular weight excluding hydrogens is 254 g/mol. The number of nitrogens with one attached hydrogen (secondary N) is 1. The van der Waals surface area contributed by atoms with Crippen molar-refractivity contribution >= 4 is 11.3 Å². The molecule has 1 aromatic heterocycles. The molecule has 0 spiro atoms. The van der Waals surface area contributed by atoms with Gasteiger partial charge in [0.25, 0.3) is 0 Å². The highest BCUT2D eigenvalue weighted by Gasteiger charge is 2.17. The molecule has 0 saturated carbocycles. The van der Waals surface area contributed by atoms with Gasteiger partial charge in [-0.25, -0.2) is 0 Å². The zero-order valence-electron chi connectivity index (χ0n) is 12.0. The number of thiophene rings is 1. The highest BCUT2D eigenvalue weighted by molar-refractivity contribution is 7.08. The Balaban J connectivity index is 2.42. The molecule has 0 saturated heterocycles. The van der Waals surface area contributed by atoms with Crippen molar-refractivity contribution in [3.63, 3.8) is 0 Å². The average molecular weight is 275 g/mol. The maximum atomic E-state index is 5.29. The predicted octanol–water partition coefficient (Wildman–Crippen LogP) is 4.07. The fraction of sp³-hybridized carbons (Fsp3) is 0.375. The molecule has 0 aliphatic carbocycles. The highest BCUT2D eigenvalue weighted by Crippen LogP contribution is 2.31. The molecule has 1 aromatic carbocycles. The van der Waals surface area contributed by atoms with Gasteiger partial charge in [-0.05, 0) is 65.5 Å². The van der Waals surface area contributed by atoms with E-state index < -0.39 is 0 Å². The van der Waals surface area contributed by atoms with E-state index in [2.05, 4.69) is 49.0 Å². The Labute approximate surface area is 119 Å². The first-order valence-electron chi connectivity index (χ1n) is 6.58. The van der Waals surface area contributed by atoms with E-state index in [1.54, 1.807) is 18.4 Å². The maximum Gasteiger partial charge on any atom is 0.119 e. The normalized spacial score (nSPS) is 12.4. The van der Waals surface area contributed by atoms with Gasteiger partial charge in [-0.1, -0.05) is 13.0 Å². The Morgan fingerprint density at radius 2 is 1.95 bits per heavy atom. The van der Waals surface area contributed by atoms with E-state index >= 15 is 0 Å². The molecule has 1 atom stereocenters. The van der Waals surface area contributed by atoms with Crippen molar-refractivity contribution < 1.29 is 4.74 Å². The summed E-state index contributed by atoms with van der Waals surface area (Å²) in [5, 5.41) is 8.04. The molecule has 0 radical (unpaired) electrons. The third-order valence-corrected chi connectivity index (χ3v) is 4.28. The Morgan fingerprint density at radius 1 is 1.16 bits per heavy atom. The van der Waals surface area contributed by atoms with Crippen molar-refractivity contribution in [2.75, 3.05) is 13.7 Å². The van der Waals surface area contributed by atoms with Crippen LogP contribution < -0.4 is 10.1 Å². The number of aryl methyl sites for hydroxylation is 2. The molecule has 2 rings (SSSR count). The van der Waals surface area contributed by atoms with Crippen molar-refractivity contribution in [2.24, 2.45) is 0 Å². The number of benzene rings is 1. The van der Waals surface area contributed by atoms with E-state index in [4.69, 9.17) is 4.74 Å². The maximum absolute atomic E-state index is 5.29. The lowest BCUT2D eigenvalue weighted by Gasteiger charge is -2.21. The second kappa shape index (κ2) is 6.22. The van der Waals surface area contributed by atoms with Crippen LogP contribution >= 0.6 is 11.3 Å². The summed E-state index contributed by atoms with van der Waals surface area (Å²) in [6.07, 6.45) is 0. The zero-order chi connectivity index (χ0) is 13.8. The van der Waals surface area contributed by atoms with Gasteiger partial charge in [-0.3, -0.25) is 0 Å². The van der Waals surface area contributed by atoms with E-state index in [0.29, 0.717) is 0 Å². The summed E-state index contributed by atoms with van der Waals surface area (Å²) in [5.41, 5.74) is 5.31. The van der Waals surface area contributed by atoms with E-state index in [1.165, 1.54) is 22.3 Å². The predicted molar refractivity (Wildman–Crippen MR) is 82.3 cm³/mol. The van der Waals surface area contributed by atoms with Crippen LogP contribution in [0.15, 0.2) is 29.0 Å². The molecule has 0 amide bonds. The number of rotatable bonds is 5.